The molecule has 1 heterocycles. The fourth-order valence-corrected chi connectivity index (χ4v) is 2.22. The van der Waals surface area contributed by atoms with Crippen molar-refractivity contribution in [3.05, 3.63) is 52.3 Å². The van der Waals surface area contributed by atoms with Crippen molar-refractivity contribution in [3.8, 4) is 11.5 Å². The van der Waals surface area contributed by atoms with Crippen molar-refractivity contribution in [2.24, 2.45) is 0 Å². The summed E-state index contributed by atoms with van der Waals surface area (Å²) in [7, 11) is 0. The van der Waals surface area contributed by atoms with Gasteiger partial charge in [0.1, 0.15) is 17.1 Å². The van der Waals surface area contributed by atoms with Crippen LogP contribution in [0.15, 0.2) is 40.9 Å². The number of anilines is 1. The van der Waals surface area contributed by atoms with Crippen molar-refractivity contribution in [1.29, 1.82) is 0 Å². The third kappa shape index (κ3) is 1.76. The van der Waals surface area contributed by atoms with E-state index in [1.54, 1.807) is 30.3 Å². The van der Waals surface area contributed by atoms with Crippen LogP contribution in [0.1, 0.15) is 10.4 Å². The molecule has 0 aromatic heterocycles. The number of halogens is 2. The molecule has 0 fully saturated rings. The Morgan fingerprint density at radius 1 is 1.17 bits per heavy atom. The second kappa shape index (κ2) is 4.10. The van der Waals surface area contributed by atoms with Gasteiger partial charge >= 0.3 is 0 Å². The second-order valence-corrected chi connectivity index (χ2v) is 4.73. The van der Waals surface area contributed by atoms with E-state index >= 15 is 0 Å². The molecule has 3 nitrogen and oxygen atoms in total. The molecule has 0 saturated carbocycles. The zero-order valence-electron chi connectivity index (χ0n) is 9.04. The molecule has 0 radical (unpaired) electrons. The molecule has 1 N–H and O–H groups in total. The average molecular weight is 308 g/mol. The van der Waals surface area contributed by atoms with E-state index in [1.807, 2.05) is 0 Å². The summed E-state index contributed by atoms with van der Waals surface area (Å²) in [4.78, 5) is 12.0. The van der Waals surface area contributed by atoms with Crippen LogP contribution in [0.3, 0.4) is 0 Å². The largest absolute Gasteiger partial charge is 0.454 e. The van der Waals surface area contributed by atoms with Gasteiger partial charge in [0, 0.05) is 4.47 Å². The van der Waals surface area contributed by atoms with Crippen molar-refractivity contribution in [2.75, 3.05) is 5.32 Å². The van der Waals surface area contributed by atoms with Crippen LogP contribution in [0.5, 0.6) is 11.5 Å². The molecule has 5 heteroatoms. The summed E-state index contributed by atoms with van der Waals surface area (Å²) in [5.41, 5.74) is 0.434. The Hall–Kier alpha value is -1.88. The number of carbonyl (C=O) groups is 1. The minimum absolute atomic E-state index is 0.0885. The molecule has 0 atom stereocenters. The minimum atomic E-state index is -0.621. The van der Waals surface area contributed by atoms with Gasteiger partial charge in [0.2, 0.25) is 0 Å². The number of para-hydroxylation sites is 2. The number of benzene rings is 2. The molecule has 0 saturated heterocycles. The van der Waals surface area contributed by atoms with Gasteiger partial charge in [0.15, 0.2) is 5.75 Å². The monoisotopic (exact) mass is 307 g/mol. The number of ether oxygens (including phenoxy) is 1. The first-order valence-corrected chi connectivity index (χ1v) is 6.02. The van der Waals surface area contributed by atoms with Gasteiger partial charge in [-0.3, -0.25) is 4.79 Å². The van der Waals surface area contributed by atoms with E-state index in [-0.39, 0.29) is 11.3 Å². The van der Waals surface area contributed by atoms with Gasteiger partial charge in [-0.2, -0.15) is 0 Å². The van der Waals surface area contributed by atoms with E-state index in [0.717, 1.165) is 0 Å². The lowest BCUT2D eigenvalue weighted by Crippen LogP contribution is -2.12. The van der Waals surface area contributed by atoms with Crippen molar-refractivity contribution in [1.82, 2.24) is 0 Å². The van der Waals surface area contributed by atoms with Crippen molar-refractivity contribution < 1.29 is 13.9 Å². The molecule has 2 aromatic carbocycles. The van der Waals surface area contributed by atoms with Crippen LogP contribution in [-0.4, -0.2) is 5.91 Å². The second-order valence-electron chi connectivity index (χ2n) is 3.81. The number of fused-ring (bicyclic) bond motifs is 2. The summed E-state index contributed by atoms with van der Waals surface area (Å²) in [6.45, 7) is 0. The van der Waals surface area contributed by atoms with E-state index in [0.29, 0.717) is 15.9 Å². The highest BCUT2D eigenvalue weighted by Gasteiger charge is 2.24. The SMILES string of the molecule is O=C1Nc2ccccc2Oc2cc(Br)cc(F)c21. The number of hydrogen-bond donors (Lipinski definition) is 1. The first kappa shape index (κ1) is 11.2. The summed E-state index contributed by atoms with van der Waals surface area (Å²) in [6.07, 6.45) is 0. The van der Waals surface area contributed by atoms with Crippen LogP contribution in [0.25, 0.3) is 0 Å². The van der Waals surface area contributed by atoms with Gasteiger partial charge in [-0.1, -0.05) is 28.1 Å². The maximum absolute atomic E-state index is 13.8. The van der Waals surface area contributed by atoms with E-state index in [2.05, 4.69) is 21.2 Å². The van der Waals surface area contributed by atoms with Gasteiger partial charge in [0.05, 0.1) is 5.69 Å². The lowest BCUT2D eigenvalue weighted by molar-refractivity contribution is 0.102. The van der Waals surface area contributed by atoms with Crippen molar-refractivity contribution in [2.45, 2.75) is 0 Å². The maximum atomic E-state index is 13.8. The highest BCUT2D eigenvalue weighted by atomic mass is 79.9. The molecule has 1 amide bonds. The van der Waals surface area contributed by atoms with E-state index in [1.165, 1.54) is 6.07 Å². The van der Waals surface area contributed by atoms with Crippen molar-refractivity contribution in [3.63, 3.8) is 0 Å². The Balaban J connectivity index is 2.23. The predicted octanol–water partition coefficient (Wildman–Crippen LogP) is 3.95. The maximum Gasteiger partial charge on any atom is 0.262 e. The third-order valence-electron chi connectivity index (χ3n) is 2.60. The predicted molar refractivity (Wildman–Crippen MR) is 68.6 cm³/mol. The number of rotatable bonds is 0. The summed E-state index contributed by atoms with van der Waals surface area (Å²) in [6, 6.07) is 9.77. The molecular formula is C13H7BrFNO2. The Morgan fingerprint density at radius 3 is 2.78 bits per heavy atom. The molecular weight excluding hydrogens is 301 g/mol. The van der Waals surface area contributed by atoms with E-state index in [9.17, 15) is 9.18 Å². The van der Waals surface area contributed by atoms with Gasteiger partial charge in [0.25, 0.3) is 5.91 Å². The van der Waals surface area contributed by atoms with Gasteiger partial charge in [-0.05, 0) is 24.3 Å². The zero-order chi connectivity index (χ0) is 12.7. The quantitative estimate of drug-likeness (QED) is 0.800. The fraction of sp³-hybridized carbons (Fsp3) is 0. The molecule has 1 aliphatic rings. The third-order valence-corrected chi connectivity index (χ3v) is 3.06. The minimum Gasteiger partial charge on any atom is -0.454 e. The Labute approximate surface area is 111 Å². The standard InChI is InChI=1S/C13H7BrFNO2/c14-7-5-8(15)12-11(6-7)18-10-4-2-1-3-9(10)16-13(12)17/h1-6H,(H,16,17). The lowest BCUT2D eigenvalue weighted by Gasteiger charge is -2.07. The van der Waals surface area contributed by atoms with Crippen LogP contribution >= 0.6 is 15.9 Å². The van der Waals surface area contributed by atoms with Crippen LogP contribution in [-0.2, 0) is 0 Å². The molecule has 90 valence electrons. The smallest absolute Gasteiger partial charge is 0.262 e. The zero-order valence-corrected chi connectivity index (χ0v) is 10.6. The molecule has 2 aromatic rings. The van der Waals surface area contributed by atoms with E-state index < -0.39 is 11.7 Å². The average Bonchev–Trinajstić information content (AvgIpc) is 2.43. The summed E-state index contributed by atoms with van der Waals surface area (Å²) in [5.74, 6) is -0.448. The molecule has 0 unspecified atom stereocenters. The fourth-order valence-electron chi connectivity index (χ4n) is 1.81. The molecule has 0 spiro atoms. The van der Waals surface area contributed by atoms with Gasteiger partial charge in [-0.25, -0.2) is 4.39 Å². The molecule has 1 aliphatic heterocycles. The van der Waals surface area contributed by atoms with Crippen LogP contribution in [0.2, 0.25) is 0 Å². The lowest BCUT2D eigenvalue weighted by atomic mass is 10.2. The number of nitrogens with one attached hydrogen (secondary N) is 1. The van der Waals surface area contributed by atoms with Gasteiger partial charge in [-0.15, -0.1) is 0 Å². The number of hydrogen-bond acceptors (Lipinski definition) is 2. The number of carbonyl (C=O) groups excluding carboxylic acids is 1. The number of amides is 1. The topological polar surface area (TPSA) is 38.3 Å². The van der Waals surface area contributed by atoms with Crippen LogP contribution in [0, 0.1) is 5.82 Å². The van der Waals surface area contributed by atoms with Crippen LogP contribution in [0.4, 0.5) is 10.1 Å². The first-order valence-electron chi connectivity index (χ1n) is 5.22. The summed E-state index contributed by atoms with van der Waals surface area (Å²) < 4.78 is 19.9. The molecule has 0 bridgehead atoms. The Bertz CT molecular complexity index is 657. The van der Waals surface area contributed by atoms with E-state index in [4.69, 9.17) is 4.74 Å². The van der Waals surface area contributed by atoms with Gasteiger partial charge < -0.3 is 10.1 Å². The van der Waals surface area contributed by atoms with Crippen LogP contribution < -0.4 is 10.1 Å². The normalized spacial score (nSPS) is 12.9. The highest BCUT2D eigenvalue weighted by Crippen LogP contribution is 2.37. The molecule has 18 heavy (non-hydrogen) atoms. The Kier molecular flexibility index (Phi) is 2.56. The summed E-state index contributed by atoms with van der Waals surface area (Å²) >= 11 is 3.17. The highest BCUT2D eigenvalue weighted by molar-refractivity contribution is 9.10. The first-order chi connectivity index (χ1) is 8.65. The molecule has 3 rings (SSSR count). The Morgan fingerprint density at radius 2 is 1.94 bits per heavy atom. The molecule has 0 aliphatic carbocycles. The van der Waals surface area contributed by atoms with Crippen molar-refractivity contribution >= 4 is 27.5 Å². The summed E-state index contributed by atoms with van der Waals surface area (Å²) in [5, 5.41) is 2.62.